The Kier molecular flexibility index (Phi) is 3.18. The molecule has 4 rings (SSSR count). The Bertz CT molecular complexity index is 770. The largest absolute Gasteiger partial charge is 0.481 e. The van der Waals surface area contributed by atoms with Crippen LogP contribution in [-0.2, 0) is 14.3 Å². The second kappa shape index (κ2) is 5.05. The maximum Gasteiger partial charge on any atom is 0.310 e. The molecule has 5 atom stereocenters. The van der Waals surface area contributed by atoms with Gasteiger partial charge in [-0.2, -0.15) is 0 Å². The Morgan fingerprint density at radius 3 is 2.88 bits per heavy atom. The number of carbonyl (C=O) groups is 2. The summed E-state index contributed by atoms with van der Waals surface area (Å²) >= 11 is 0. The number of ether oxygens (including phenoxy) is 1. The van der Waals surface area contributed by atoms with Crippen LogP contribution in [-0.4, -0.2) is 34.7 Å². The zero-order valence-electron chi connectivity index (χ0n) is 13.4. The number of benzene rings is 1. The van der Waals surface area contributed by atoms with Gasteiger partial charge in [-0.1, -0.05) is 36.4 Å². The molecule has 3 aliphatic heterocycles. The van der Waals surface area contributed by atoms with Crippen LogP contribution in [0.5, 0.6) is 0 Å². The van der Waals surface area contributed by atoms with Gasteiger partial charge in [0.2, 0.25) is 5.91 Å². The van der Waals surface area contributed by atoms with Crippen molar-refractivity contribution in [2.24, 2.45) is 11.8 Å². The van der Waals surface area contributed by atoms with Gasteiger partial charge in [-0.05, 0) is 25.0 Å². The predicted octanol–water partition coefficient (Wildman–Crippen LogP) is 2.31. The van der Waals surface area contributed by atoms with Gasteiger partial charge < -0.3 is 14.7 Å². The van der Waals surface area contributed by atoms with Crippen LogP contribution in [0, 0.1) is 18.8 Å². The lowest BCUT2D eigenvalue weighted by Gasteiger charge is -2.33. The fraction of sp³-hybridized carbons (Fsp3) is 0.368. The van der Waals surface area contributed by atoms with E-state index in [0.717, 1.165) is 11.3 Å². The minimum Gasteiger partial charge on any atom is -0.481 e. The number of hydrogen-bond donors (Lipinski definition) is 1. The monoisotopic (exact) mass is 325 g/mol. The topological polar surface area (TPSA) is 66.8 Å². The zero-order valence-corrected chi connectivity index (χ0v) is 13.4. The van der Waals surface area contributed by atoms with Crippen LogP contribution >= 0.6 is 0 Å². The van der Waals surface area contributed by atoms with Gasteiger partial charge in [0.1, 0.15) is 11.5 Å². The number of anilines is 1. The number of para-hydroxylation sites is 1. The van der Waals surface area contributed by atoms with Gasteiger partial charge in [0.15, 0.2) is 0 Å². The highest BCUT2D eigenvalue weighted by atomic mass is 16.5. The molecule has 2 bridgehead atoms. The van der Waals surface area contributed by atoms with E-state index in [2.05, 4.69) is 6.58 Å². The van der Waals surface area contributed by atoms with E-state index in [-0.39, 0.29) is 11.9 Å². The molecule has 0 radical (unpaired) electrons. The van der Waals surface area contributed by atoms with Crippen molar-refractivity contribution >= 4 is 17.6 Å². The van der Waals surface area contributed by atoms with Crippen LogP contribution in [0.1, 0.15) is 12.0 Å². The molecule has 1 aromatic rings. The normalized spacial score (nSPS) is 36.2. The van der Waals surface area contributed by atoms with Crippen molar-refractivity contribution < 1.29 is 19.4 Å². The number of fused-ring (bicyclic) bond motifs is 1. The number of aryl methyl sites for hydroxylation is 1. The number of amides is 1. The van der Waals surface area contributed by atoms with Gasteiger partial charge >= 0.3 is 5.97 Å². The van der Waals surface area contributed by atoms with Crippen LogP contribution in [0.4, 0.5) is 5.69 Å². The van der Waals surface area contributed by atoms with Crippen LogP contribution in [0.15, 0.2) is 49.1 Å². The first-order chi connectivity index (χ1) is 11.5. The Morgan fingerprint density at radius 1 is 1.46 bits per heavy atom. The quantitative estimate of drug-likeness (QED) is 0.863. The second-order valence-corrected chi connectivity index (χ2v) is 6.67. The van der Waals surface area contributed by atoms with E-state index in [4.69, 9.17) is 4.74 Å². The van der Waals surface area contributed by atoms with Gasteiger partial charge in [0.25, 0.3) is 0 Å². The maximum atomic E-state index is 13.2. The van der Waals surface area contributed by atoms with Gasteiger partial charge in [-0.3, -0.25) is 9.59 Å². The molecule has 0 unspecified atom stereocenters. The molecule has 1 N–H and O–H groups in total. The van der Waals surface area contributed by atoms with E-state index in [9.17, 15) is 14.7 Å². The zero-order chi connectivity index (χ0) is 17.1. The average molecular weight is 325 g/mol. The number of carboxylic acid groups (broad SMARTS) is 1. The molecule has 0 aromatic heterocycles. The Morgan fingerprint density at radius 2 is 2.21 bits per heavy atom. The first-order valence-corrected chi connectivity index (χ1v) is 8.11. The fourth-order valence-electron chi connectivity index (χ4n) is 4.50. The summed E-state index contributed by atoms with van der Waals surface area (Å²) in [6, 6.07) is 7.37. The minimum atomic E-state index is -0.978. The van der Waals surface area contributed by atoms with E-state index in [1.165, 1.54) is 0 Å². The number of carboxylic acids is 1. The Labute approximate surface area is 140 Å². The fourth-order valence-corrected chi connectivity index (χ4v) is 4.50. The van der Waals surface area contributed by atoms with Crippen LogP contribution < -0.4 is 4.90 Å². The summed E-state index contributed by atoms with van der Waals surface area (Å²) < 4.78 is 6.08. The molecule has 2 fully saturated rings. The average Bonchev–Trinajstić information content (AvgIpc) is 3.18. The summed E-state index contributed by atoms with van der Waals surface area (Å²) in [5, 5.41) is 9.62. The van der Waals surface area contributed by atoms with Crippen molar-refractivity contribution in [2.75, 3.05) is 4.90 Å². The highest BCUT2D eigenvalue weighted by Gasteiger charge is 2.71. The lowest BCUT2D eigenvalue weighted by Crippen LogP contribution is -2.45. The number of rotatable bonds is 4. The van der Waals surface area contributed by atoms with Crippen LogP contribution in [0.3, 0.4) is 0 Å². The molecular formula is C19H19NO4. The van der Waals surface area contributed by atoms with Gasteiger partial charge in [-0.25, -0.2) is 0 Å². The third kappa shape index (κ3) is 1.73. The minimum absolute atomic E-state index is 0.171. The van der Waals surface area contributed by atoms with Crippen molar-refractivity contribution in [1.29, 1.82) is 0 Å². The van der Waals surface area contributed by atoms with E-state index >= 15 is 0 Å². The third-order valence-corrected chi connectivity index (χ3v) is 5.47. The maximum absolute atomic E-state index is 13.2. The van der Waals surface area contributed by atoms with E-state index < -0.39 is 29.5 Å². The molecule has 124 valence electrons. The lowest BCUT2D eigenvalue weighted by molar-refractivity contribution is -0.146. The van der Waals surface area contributed by atoms with Crippen LogP contribution in [0.25, 0.3) is 0 Å². The molecule has 0 aliphatic carbocycles. The van der Waals surface area contributed by atoms with Crippen molar-refractivity contribution in [1.82, 2.24) is 0 Å². The van der Waals surface area contributed by atoms with Crippen molar-refractivity contribution in [2.45, 2.75) is 31.1 Å². The summed E-state index contributed by atoms with van der Waals surface area (Å²) in [5.74, 6) is -2.66. The second-order valence-electron chi connectivity index (χ2n) is 6.67. The molecule has 5 heteroatoms. The van der Waals surface area contributed by atoms with Crippen LogP contribution in [0.2, 0.25) is 0 Å². The van der Waals surface area contributed by atoms with Crippen molar-refractivity contribution in [3.63, 3.8) is 0 Å². The number of aliphatic carboxylic acids is 1. The first-order valence-electron chi connectivity index (χ1n) is 8.11. The van der Waals surface area contributed by atoms with Crippen molar-refractivity contribution in [3.8, 4) is 0 Å². The molecule has 5 nitrogen and oxygen atoms in total. The summed E-state index contributed by atoms with van der Waals surface area (Å²) in [5.41, 5.74) is 0.908. The molecule has 3 heterocycles. The Balaban J connectivity index is 1.87. The number of carbonyl (C=O) groups excluding carboxylic acids is 1. The molecule has 1 aromatic carbocycles. The molecule has 0 saturated carbocycles. The summed E-state index contributed by atoms with van der Waals surface area (Å²) in [6.07, 6.45) is 5.47. The van der Waals surface area contributed by atoms with Gasteiger partial charge in [0.05, 0.1) is 18.1 Å². The predicted molar refractivity (Wildman–Crippen MR) is 88.6 cm³/mol. The third-order valence-electron chi connectivity index (χ3n) is 5.47. The molecule has 24 heavy (non-hydrogen) atoms. The highest BCUT2D eigenvalue weighted by Crippen LogP contribution is 2.56. The van der Waals surface area contributed by atoms with Gasteiger partial charge in [0, 0.05) is 5.69 Å². The molecule has 3 aliphatic rings. The number of nitrogens with zero attached hydrogens (tertiary/aromatic N) is 1. The Hall–Kier alpha value is -2.40. The molecule has 2 saturated heterocycles. The molecule has 1 amide bonds. The summed E-state index contributed by atoms with van der Waals surface area (Å²) in [6.45, 7) is 5.76. The lowest BCUT2D eigenvalue weighted by atomic mass is 9.74. The van der Waals surface area contributed by atoms with Gasteiger partial charge in [-0.15, -0.1) is 6.58 Å². The SMILES string of the molecule is C=CC[C@@H]1N(c2ccccc2C)C(=O)[C@@H]2[C@H](C(=O)O)[C@H]3C=C[C@]21O3. The molecule has 1 spiro atoms. The summed E-state index contributed by atoms with van der Waals surface area (Å²) in [7, 11) is 0. The smallest absolute Gasteiger partial charge is 0.310 e. The van der Waals surface area contributed by atoms with E-state index in [0.29, 0.717) is 6.42 Å². The number of hydrogen-bond acceptors (Lipinski definition) is 3. The van der Waals surface area contributed by atoms with E-state index in [1.54, 1.807) is 17.1 Å². The van der Waals surface area contributed by atoms with E-state index in [1.807, 2.05) is 37.3 Å². The first kappa shape index (κ1) is 15.1. The van der Waals surface area contributed by atoms with Crippen molar-refractivity contribution in [3.05, 3.63) is 54.6 Å². The standard InChI is InChI=1S/C19H19NO4/c1-3-6-14-19-10-9-13(24-19)15(18(22)23)16(19)17(21)20(14)12-8-5-4-7-11(12)2/h3-5,7-10,13-16H,1,6H2,2H3,(H,22,23)/t13-,14+,15-,16+,19-/m1/s1. The highest BCUT2D eigenvalue weighted by molar-refractivity contribution is 6.03. The molecular weight excluding hydrogens is 306 g/mol. The summed E-state index contributed by atoms with van der Waals surface area (Å²) in [4.78, 5) is 26.7.